The predicted molar refractivity (Wildman–Crippen MR) is 123 cm³/mol. The van der Waals surface area contributed by atoms with Gasteiger partial charge in [-0.05, 0) is 48.7 Å². The lowest BCUT2D eigenvalue weighted by Crippen LogP contribution is -2.28. The molecule has 8 heteroatoms. The molecule has 0 atom stereocenters. The second kappa shape index (κ2) is 7.45. The maximum absolute atomic E-state index is 13.5. The number of aryl methyl sites for hydroxylation is 2. The van der Waals surface area contributed by atoms with Gasteiger partial charge >= 0.3 is 5.69 Å². The molecule has 0 aliphatic carbocycles. The molecule has 0 fully saturated rings. The summed E-state index contributed by atoms with van der Waals surface area (Å²) in [5.74, 6) is 0.531. The zero-order valence-electron chi connectivity index (χ0n) is 16.5. The molecule has 1 aromatic carbocycles. The molecule has 0 N–H and O–H groups in total. The predicted octanol–water partition coefficient (Wildman–Crippen LogP) is 4.85. The van der Waals surface area contributed by atoms with Crippen molar-refractivity contribution in [2.75, 3.05) is 0 Å². The molecular formula is C22H18BrN5OS. The Morgan fingerprint density at radius 1 is 1.10 bits per heavy atom. The number of benzene rings is 1. The van der Waals surface area contributed by atoms with Gasteiger partial charge in [-0.2, -0.15) is 4.52 Å². The van der Waals surface area contributed by atoms with E-state index in [0.717, 1.165) is 32.2 Å². The van der Waals surface area contributed by atoms with Crippen LogP contribution in [0.1, 0.15) is 22.9 Å². The molecular weight excluding hydrogens is 462 g/mol. The van der Waals surface area contributed by atoms with Crippen LogP contribution in [0.15, 0.2) is 58.1 Å². The zero-order valence-corrected chi connectivity index (χ0v) is 18.9. The minimum atomic E-state index is -0.183. The molecule has 0 saturated heterocycles. The first-order valence-corrected chi connectivity index (χ1v) is 11.2. The fourth-order valence-electron chi connectivity index (χ4n) is 3.75. The van der Waals surface area contributed by atoms with E-state index in [0.29, 0.717) is 18.0 Å². The number of aromatic nitrogens is 5. The van der Waals surface area contributed by atoms with Crippen molar-refractivity contribution < 1.29 is 0 Å². The lowest BCUT2D eigenvalue weighted by Gasteiger charge is -2.09. The highest BCUT2D eigenvalue weighted by Crippen LogP contribution is 2.33. The SMILES string of the molecule is CCc1c(C)sc2c1c1nc(-c3ccncc3)nn1c(=O)n2Cc1ccc(Br)cc1. The van der Waals surface area contributed by atoms with Crippen LogP contribution in [-0.4, -0.2) is 24.1 Å². The van der Waals surface area contributed by atoms with Gasteiger partial charge in [0.15, 0.2) is 11.5 Å². The molecule has 4 aromatic heterocycles. The smallest absolute Gasteiger partial charge is 0.278 e. The molecule has 0 spiro atoms. The molecule has 30 heavy (non-hydrogen) atoms. The van der Waals surface area contributed by atoms with Crippen molar-refractivity contribution >= 4 is 43.1 Å². The first kappa shape index (κ1) is 19.1. The summed E-state index contributed by atoms with van der Waals surface area (Å²) < 4.78 is 4.27. The molecule has 150 valence electrons. The highest BCUT2D eigenvalue weighted by Gasteiger charge is 2.21. The monoisotopic (exact) mass is 479 g/mol. The molecule has 5 rings (SSSR count). The van der Waals surface area contributed by atoms with Gasteiger partial charge in [0.05, 0.1) is 11.9 Å². The van der Waals surface area contributed by atoms with E-state index in [1.807, 2.05) is 41.0 Å². The van der Waals surface area contributed by atoms with Crippen molar-refractivity contribution in [1.82, 2.24) is 24.1 Å². The van der Waals surface area contributed by atoms with Crippen LogP contribution in [0.25, 0.3) is 27.3 Å². The van der Waals surface area contributed by atoms with E-state index in [1.54, 1.807) is 23.7 Å². The molecule has 0 saturated carbocycles. The summed E-state index contributed by atoms with van der Waals surface area (Å²) in [7, 11) is 0. The Hall–Kier alpha value is -2.84. The number of rotatable bonds is 4. The summed E-state index contributed by atoms with van der Waals surface area (Å²) in [4.78, 5) is 24.5. The topological polar surface area (TPSA) is 65.1 Å². The first-order valence-electron chi connectivity index (χ1n) is 9.63. The van der Waals surface area contributed by atoms with Crippen LogP contribution in [0.3, 0.4) is 0 Å². The van der Waals surface area contributed by atoms with E-state index in [4.69, 9.17) is 4.98 Å². The number of nitrogens with zero attached hydrogens (tertiary/aromatic N) is 5. The summed E-state index contributed by atoms with van der Waals surface area (Å²) in [5.41, 5.74) is 3.55. The van der Waals surface area contributed by atoms with Crippen LogP contribution in [0.4, 0.5) is 0 Å². The standard InChI is InChI=1S/C22H18BrN5OS/c1-3-17-13(2)30-21-18(17)20-25-19(15-8-10-24-11-9-15)26-28(20)22(29)27(21)12-14-4-6-16(23)7-5-14/h4-11H,3,12H2,1-2H3. The van der Waals surface area contributed by atoms with E-state index >= 15 is 0 Å². The van der Waals surface area contributed by atoms with Crippen LogP contribution in [0, 0.1) is 6.92 Å². The lowest BCUT2D eigenvalue weighted by molar-refractivity contribution is 0.720. The highest BCUT2D eigenvalue weighted by molar-refractivity contribution is 9.10. The fourth-order valence-corrected chi connectivity index (χ4v) is 5.25. The fraction of sp³-hybridized carbons (Fsp3) is 0.182. The molecule has 0 aliphatic rings. The van der Waals surface area contributed by atoms with Crippen molar-refractivity contribution in [2.45, 2.75) is 26.8 Å². The Kier molecular flexibility index (Phi) is 4.75. The minimum Gasteiger partial charge on any atom is -0.278 e. The van der Waals surface area contributed by atoms with Crippen molar-refractivity contribution in [3.63, 3.8) is 0 Å². The van der Waals surface area contributed by atoms with Gasteiger partial charge in [-0.1, -0.05) is 35.0 Å². The zero-order chi connectivity index (χ0) is 20.8. The third-order valence-electron chi connectivity index (χ3n) is 5.22. The van der Waals surface area contributed by atoms with Crippen LogP contribution in [-0.2, 0) is 13.0 Å². The summed E-state index contributed by atoms with van der Waals surface area (Å²) in [6, 6.07) is 11.7. The van der Waals surface area contributed by atoms with E-state index in [9.17, 15) is 4.79 Å². The number of thiophene rings is 1. The molecule has 0 amide bonds. The molecule has 4 heterocycles. The van der Waals surface area contributed by atoms with Gasteiger partial charge < -0.3 is 0 Å². The van der Waals surface area contributed by atoms with Crippen LogP contribution >= 0.6 is 27.3 Å². The largest absolute Gasteiger partial charge is 0.352 e. The van der Waals surface area contributed by atoms with Gasteiger partial charge in [0.1, 0.15) is 4.83 Å². The van der Waals surface area contributed by atoms with Gasteiger partial charge in [0.2, 0.25) is 0 Å². The molecule has 6 nitrogen and oxygen atoms in total. The lowest BCUT2D eigenvalue weighted by atomic mass is 10.1. The summed E-state index contributed by atoms with van der Waals surface area (Å²) in [6.07, 6.45) is 4.28. The van der Waals surface area contributed by atoms with E-state index in [-0.39, 0.29) is 5.69 Å². The summed E-state index contributed by atoms with van der Waals surface area (Å²) in [6.45, 7) is 4.72. The average Bonchev–Trinajstić information content (AvgIpc) is 3.34. The number of fused-ring (bicyclic) bond motifs is 3. The molecule has 0 aliphatic heterocycles. The van der Waals surface area contributed by atoms with Crippen LogP contribution < -0.4 is 5.69 Å². The van der Waals surface area contributed by atoms with E-state index in [1.165, 1.54) is 15.0 Å². The molecule has 0 unspecified atom stereocenters. The Bertz CT molecular complexity index is 1430. The summed E-state index contributed by atoms with van der Waals surface area (Å²) >= 11 is 5.12. The number of hydrogen-bond acceptors (Lipinski definition) is 5. The highest BCUT2D eigenvalue weighted by atomic mass is 79.9. The molecule has 5 aromatic rings. The van der Waals surface area contributed by atoms with Gasteiger partial charge in [0.25, 0.3) is 0 Å². The second-order valence-electron chi connectivity index (χ2n) is 7.07. The number of halogens is 1. The maximum atomic E-state index is 13.5. The molecule has 0 bridgehead atoms. The van der Waals surface area contributed by atoms with Crippen molar-refractivity contribution in [2.24, 2.45) is 0 Å². The summed E-state index contributed by atoms with van der Waals surface area (Å²) in [5, 5.41) is 5.59. The average molecular weight is 480 g/mol. The quantitative estimate of drug-likeness (QED) is 0.369. The van der Waals surface area contributed by atoms with Crippen molar-refractivity contribution in [3.8, 4) is 11.4 Å². The first-order chi connectivity index (χ1) is 14.6. The van der Waals surface area contributed by atoms with Gasteiger partial charge in [-0.25, -0.2) is 9.78 Å². The second-order valence-corrected chi connectivity index (χ2v) is 9.19. The number of hydrogen-bond donors (Lipinski definition) is 0. The van der Waals surface area contributed by atoms with Gasteiger partial charge in [0, 0.05) is 27.3 Å². The maximum Gasteiger partial charge on any atom is 0.352 e. The van der Waals surface area contributed by atoms with Crippen LogP contribution in [0.2, 0.25) is 0 Å². The minimum absolute atomic E-state index is 0.183. The van der Waals surface area contributed by atoms with E-state index < -0.39 is 0 Å². The van der Waals surface area contributed by atoms with Crippen LogP contribution in [0.5, 0.6) is 0 Å². The van der Waals surface area contributed by atoms with E-state index in [2.05, 4.69) is 39.9 Å². The molecule has 0 radical (unpaired) electrons. The Balaban J connectivity index is 1.82. The van der Waals surface area contributed by atoms with Crippen molar-refractivity contribution in [3.05, 3.63) is 79.8 Å². The third-order valence-corrected chi connectivity index (χ3v) is 6.92. The third kappa shape index (κ3) is 3.07. The van der Waals surface area contributed by atoms with Crippen molar-refractivity contribution in [1.29, 1.82) is 0 Å². The Morgan fingerprint density at radius 2 is 1.83 bits per heavy atom. The van der Waals surface area contributed by atoms with Gasteiger partial charge in [-0.3, -0.25) is 9.55 Å². The Labute approximate surface area is 185 Å². The normalized spacial score (nSPS) is 11.6. The Morgan fingerprint density at radius 3 is 2.53 bits per heavy atom. The van der Waals surface area contributed by atoms with Gasteiger partial charge in [-0.15, -0.1) is 16.4 Å². The number of pyridine rings is 1.